The first-order valence-electron chi connectivity index (χ1n) is 5.41. The third-order valence-corrected chi connectivity index (χ3v) is 2.72. The Hall–Kier alpha value is -1.21. The molecule has 1 aromatic carbocycles. The Morgan fingerprint density at radius 2 is 2.22 bits per heavy atom. The molecule has 1 N–H and O–H groups in total. The van der Waals surface area contributed by atoms with Gasteiger partial charge in [-0.3, -0.25) is 10.1 Å². The molecule has 0 fully saturated rings. The molecule has 1 rings (SSSR count). The van der Waals surface area contributed by atoms with Crippen LogP contribution in [0.1, 0.15) is 13.8 Å². The van der Waals surface area contributed by atoms with Crippen LogP contribution < -0.4 is 10.1 Å². The van der Waals surface area contributed by atoms with E-state index in [1.54, 1.807) is 0 Å². The van der Waals surface area contributed by atoms with E-state index in [2.05, 4.69) is 21.2 Å². The fourth-order valence-electron chi connectivity index (χ4n) is 1.28. The summed E-state index contributed by atoms with van der Waals surface area (Å²) in [6.45, 7) is 4.72. The predicted octanol–water partition coefficient (Wildman–Crippen LogP) is 2.87. The lowest BCUT2D eigenvalue weighted by atomic mass is 10.3. The van der Waals surface area contributed by atoms with Crippen molar-refractivity contribution in [2.75, 3.05) is 13.2 Å². The van der Waals surface area contributed by atoms with Gasteiger partial charge in [0, 0.05) is 24.7 Å². The lowest BCUT2D eigenvalue weighted by molar-refractivity contribution is -0.386. The van der Waals surface area contributed by atoms with Crippen molar-refractivity contribution in [3.63, 3.8) is 0 Å². The van der Waals surface area contributed by atoms with Gasteiger partial charge in [0.15, 0.2) is 5.75 Å². The summed E-state index contributed by atoms with van der Waals surface area (Å²) in [7, 11) is 0. The molecule has 7 heteroatoms. The molecule has 0 amide bonds. The average molecular weight is 321 g/mol. The Kier molecular flexibility index (Phi) is 5.49. The summed E-state index contributed by atoms with van der Waals surface area (Å²) in [5, 5.41) is 13.9. The van der Waals surface area contributed by atoms with Crippen molar-refractivity contribution in [2.45, 2.75) is 19.9 Å². The molecule has 0 heterocycles. The van der Waals surface area contributed by atoms with E-state index in [1.807, 2.05) is 13.8 Å². The highest BCUT2D eigenvalue weighted by Gasteiger charge is 2.18. The molecule has 0 aliphatic heterocycles. The molecule has 18 heavy (non-hydrogen) atoms. The number of nitrogens with one attached hydrogen (secondary N) is 1. The number of rotatable bonds is 6. The number of nitrogens with zero attached hydrogens (tertiary/aromatic N) is 1. The Morgan fingerprint density at radius 1 is 1.56 bits per heavy atom. The second kappa shape index (κ2) is 6.65. The van der Waals surface area contributed by atoms with E-state index < -0.39 is 10.7 Å². The van der Waals surface area contributed by atoms with Gasteiger partial charge in [0.2, 0.25) is 0 Å². The highest BCUT2D eigenvalue weighted by atomic mass is 79.9. The van der Waals surface area contributed by atoms with E-state index >= 15 is 0 Å². The van der Waals surface area contributed by atoms with E-state index in [-0.39, 0.29) is 22.5 Å². The van der Waals surface area contributed by atoms with Crippen LogP contribution in [-0.4, -0.2) is 24.1 Å². The standard InChI is InChI=1S/C11H14BrFN2O3/c1-7(2)14-3-4-18-11-6-9(13)8(12)5-10(11)15(16)17/h5-7,14H,3-4H2,1-2H3. The Bertz CT molecular complexity index is 441. The van der Waals surface area contributed by atoms with Crippen LogP contribution in [0.15, 0.2) is 16.6 Å². The molecule has 0 radical (unpaired) electrons. The van der Waals surface area contributed by atoms with Crippen LogP contribution in [0.2, 0.25) is 0 Å². The number of ether oxygens (including phenoxy) is 1. The number of benzene rings is 1. The SMILES string of the molecule is CC(C)NCCOc1cc(F)c(Br)cc1[N+](=O)[O-]. The van der Waals surface area contributed by atoms with Gasteiger partial charge in [-0.25, -0.2) is 4.39 Å². The molecule has 100 valence electrons. The fourth-order valence-corrected chi connectivity index (χ4v) is 1.62. The summed E-state index contributed by atoms with van der Waals surface area (Å²) in [4.78, 5) is 10.2. The summed E-state index contributed by atoms with van der Waals surface area (Å²) in [6, 6.07) is 2.41. The van der Waals surface area contributed by atoms with E-state index in [1.165, 1.54) is 0 Å². The highest BCUT2D eigenvalue weighted by Crippen LogP contribution is 2.32. The molecule has 0 unspecified atom stereocenters. The molecule has 0 spiro atoms. The molecule has 0 saturated heterocycles. The van der Waals surface area contributed by atoms with Crippen molar-refractivity contribution < 1.29 is 14.1 Å². The monoisotopic (exact) mass is 320 g/mol. The van der Waals surface area contributed by atoms with Crippen LogP contribution in [0.4, 0.5) is 10.1 Å². The van der Waals surface area contributed by atoms with Gasteiger partial charge in [0.25, 0.3) is 0 Å². The first-order chi connectivity index (χ1) is 8.41. The maximum atomic E-state index is 13.3. The Balaban J connectivity index is 2.74. The van der Waals surface area contributed by atoms with Crippen molar-refractivity contribution in [1.29, 1.82) is 0 Å². The van der Waals surface area contributed by atoms with Crippen LogP contribution >= 0.6 is 15.9 Å². The summed E-state index contributed by atoms with van der Waals surface area (Å²) in [6.07, 6.45) is 0. The van der Waals surface area contributed by atoms with E-state index in [9.17, 15) is 14.5 Å². The maximum Gasteiger partial charge on any atom is 0.312 e. The van der Waals surface area contributed by atoms with Crippen molar-refractivity contribution in [3.05, 3.63) is 32.5 Å². The fraction of sp³-hybridized carbons (Fsp3) is 0.455. The normalized spacial score (nSPS) is 10.7. The van der Waals surface area contributed by atoms with Crippen LogP contribution in [0.25, 0.3) is 0 Å². The summed E-state index contributed by atoms with van der Waals surface area (Å²) < 4.78 is 18.6. The molecule has 0 saturated carbocycles. The van der Waals surface area contributed by atoms with Crippen molar-refractivity contribution >= 4 is 21.6 Å². The Labute approximate surface area is 113 Å². The van der Waals surface area contributed by atoms with Gasteiger partial charge < -0.3 is 10.1 Å². The van der Waals surface area contributed by atoms with Crippen LogP contribution in [0.5, 0.6) is 5.75 Å². The first-order valence-corrected chi connectivity index (χ1v) is 6.20. The number of hydrogen-bond acceptors (Lipinski definition) is 4. The van der Waals surface area contributed by atoms with Crippen LogP contribution in [0.3, 0.4) is 0 Å². The third kappa shape index (κ3) is 4.23. The second-order valence-corrected chi connectivity index (χ2v) is 4.80. The van der Waals surface area contributed by atoms with E-state index in [4.69, 9.17) is 4.74 Å². The zero-order chi connectivity index (χ0) is 13.7. The summed E-state index contributed by atoms with van der Waals surface area (Å²) >= 11 is 2.90. The first kappa shape index (κ1) is 14.8. The largest absolute Gasteiger partial charge is 0.485 e. The van der Waals surface area contributed by atoms with Gasteiger partial charge in [0.05, 0.1) is 9.40 Å². The number of nitro groups is 1. The average Bonchev–Trinajstić information content (AvgIpc) is 2.28. The molecular formula is C11H14BrFN2O3. The van der Waals surface area contributed by atoms with Crippen LogP contribution in [-0.2, 0) is 0 Å². The number of nitro benzene ring substituents is 1. The van der Waals surface area contributed by atoms with Crippen molar-refractivity contribution in [3.8, 4) is 5.75 Å². The maximum absolute atomic E-state index is 13.3. The smallest absolute Gasteiger partial charge is 0.312 e. The topological polar surface area (TPSA) is 64.4 Å². The zero-order valence-electron chi connectivity index (χ0n) is 10.1. The van der Waals surface area contributed by atoms with Gasteiger partial charge in [-0.15, -0.1) is 0 Å². The van der Waals surface area contributed by atoms with E-state index in [0.717, 1.165) is 12.1 Å². The highest BCUT2D eigenvalue weighted by molar-refractivity contribution is 9.10. The zero-order valence-corrected chi connectivity index (χ0v) is 11.7. The summed E-state index contributed by atoms with van der Waals surface area (Å²) in [5.74, 6) is -0.654. The summed E-state index contributed by atoms with van der Waals surface area (Å²) in [5.41, 5.74) is -0.257. The molecule has 0 bridgehead atoms. The number of hydrogen-bond donors (Lipinski definition) is 1. The van der Waals surface area contributed by atoms with Gasteiger partial charge in [0.1, 0.15) is 12.4 Å². The molecule has 0 atom stereocenters. The lowest BCUT2D eigenvalue weighted by Crippen LogP contribution is -2.27. The minimum Gasteiger partial charge on any atom is -0.485 e. The van der Waals surface area contributed by atoms with Gasteiger partial charge in [-0.1, -0.05) is 13.8 Å². The molecule has 0 aromatic heterocycles. The van der Waals surface area contributed by atoms with Crippen molar-refractivity contribution in [1.82, 2.24) is 5.32 Å². The van der Waals surface area contributed by atoms with Crippen LogP contribution in [0, 0.1) is 15.9 Å². The molecule has 1 aromatic rings. The molecule has 0 aliphatic rings. The second-order valence-electron chi connectivity index (χ2n) is 3.95. The van der Waals surface area contributed by atoms with Gasteiger partial charge >= 0.3 is 5.69 Å². The lowest BCUT2D eigenvalue weighted by Gasteiger charge is -2.10. The van der Waals surface area contributed by atoms with E-state index in [0.29, 0.717) is 12.6 Å². The van der Waals surface area contributed by atoms with Gasteiger partial charge in [-0.05, 0) is 15.9 Å². The number of halogens is 2. The quantitative estimate of drug-likeness (QED) is 0.497. The predicted molar refractivity (Wildman–Crippen MR) is 69.4 cm³/mol. The van der Waals surface area contributed by atoms with Crippen molar-refractivity contribution in [2.24, 2.45) is 0 Å². The Morgan fingerprint density at radius 3 is 2.78 bits per heavy atom. The minimum atomic E-state index is -0.602. The molecular weight excluding hydrogens is 307 g/mol. The minimum absolute atomic E-state index is 0.0434. The molecule has 0 aliphatic carbocycles. The van der Waals surface area contributed by atoms with Gasteiger partial charge in [-0.2, -0.15) is 0 Å². The molecule has 5 nitrogen and oxygen atoms in total. The third-order valence-electron chi connectivity index (χ3n) is 2.11.